The Kier molecular flexibility index (Phi) is 7.22. The van der Waals surface area contributed by atoms with E-state index in [1.807, 2.05) is 31.2 Å². The van der Waals surface area contributed by atoms with Gasteiger partial charge in [-0.25, -0.2) is 4.39 Å². The number of imide groups is 1. The Balaban J connectivity index is 1.57. The van der Waals surface area contributed by atoms with Crippen LogP contribution in [0, 0.1) is 12.7 Å². The SMILES string of the molecule is Cc1ccc(CN2C(=O)S/C(=C\c3cc(Br)ccc3OCc3c(F)cccc3Cl)C2=O)cc1. The number of hydrogen-bond acceptors (Lipinski definition) is 4. The number of amides is 2. The van der Waals surface area contributed by atoms with Crippen molar-refractivity contribution in [3.63, 3.8) is 0 Å². The maximum atomic E-state index is 14.1. The second-order valence-electron chi connectivity index (χ2n) is 7.42. The van der Waals surface area contributed by atoms with Gasteiger partial charge in [-0.05, 0) is 60.7 Å². The fourth-order valence-corrected chi connectivity index (χ4v) is 4.66. The summed E-state index contributed by atoms with van der Waals surface area (Å²) in [6.07, 6.45) is 1.61. The Labute approximate surface area is 208 Å². The first-order valence-corrected chi connectivity index (χ1v) is 12.0. The second-order valence-corrected chi connectivity index (χ2v) is 9.74. The number of nitrogens with zero attached hydrogens (tertiary/aromatic N) is 1. The van der Waals surface area contributed by atoms with Gasteiger partial charge in [0.15, 0.2) is 0 Å². The third-order valence-corrected chi connectivity index (χ3v) is 6.78. The molecule has 0 atom stereocenters. The van der Waals surface area contributed by atoms with Crippen molar-refractivity contribution < 1.29 is 18.7 Å². The Morgan fingerprint density at radius 2 is 1.88 bits per heavy atom. The molecular formula is C25H18BrClFNO3S. The molecule has 2 amide bonds. The van der Waals surface area contributed by atoms with Crippen molar-refractivity contribution in [2.24, 2.45) is 0 Å². The molecule has 1 aliphatic rings. The van der Waals surface area contributed by atoms with Crippen LogP contribution in [0.2, 0.25) is 5.02 Å². The van der Waals surface area contributed by atoms with Crippen LogP contribution in [-0.2, 0) is 17.9 Å². The molecule has 4 nitrogen and oxygen atoms in total. The van der Waals surface area contributed by atoms with E-state index >= 15 is 0 Å². The number of thioether (sulfide) groups is 1. The second kappa shape index (κ2) is 10.1. The average molecular weight is 547 g/mol. The number of carbonyl (C=O) groups is 2. The lowest BCUT2D eigenvalue weighted by atomic mass is 10.1. The molecule has 1 fully saturated rings. The zero-order chi connectivity index (χ0) is 23.5. The molecule has 3 aromatic carbocycles. The molecule has 0 radical (unpaired) electrons. The number of hydrogen-bond donors (Lipinski definition) is 0. The predicted octanol–water partition coefficient (Wildman–Crippen LogP) is 7.37. The third-order valence-electron chi connectivity index (χ3n) is 5.03. The van der Waals surface area contributed by atoms with Crippen LogP contribution in [0.5, 0.6) is 5.75 Å². The molecule has 0 unspecified atom stereocenters. The van der Waals surface area contributed by atoms with Crippen LogP contribution in [0.15, 0.2) is 70.0 Å². The highest BCUT2D eigenvalue weighted by molar-refractivity contribution is 9.10. The molecule has 1 aliphatic heterocycles. The van der Waals surface area contributed by atoms with Gasteiger partial charge in [0.1, 0.15) is 18.2 Å². The van der Waals surface area contributed by atoms with Gasteiger partial charge in [-0.3, -0.25) is 14.5 Å². The number of carbonyl (C=O) groups excluding carboxylic acids is 2. The first kappa shape index (κ1) is 23.5. The smallest absolute Gasteiger partial charge is 0.293 e. The Bertz CT molecular complexity index is 1240. The molecule has 0 N–H and O–H groups in total. The molecule has 4 rings (SSSR count). The van der Waals surface area contributed by atoms with Crippen LogP contribution >= 0.6 is 39.3 Å². The van der Waals surface area contributed by atoms with E-state index in [-0.39, 0.29) is 34.9 Å². The third kappa shape index (κ3) is 5.49. The quantitative estimate of drug-likeness (QED) is 0.303. The van der Waals surface area contributed by atoms with E-state index in [0.717, 1.165) is 27.4 Å². The van der Waals surface area contributed by atoms with Crippen molar-refractivity contribution in [3.8, 4) is 5.75 Å². The molecule has 0 aliphatic carbocycles. The van der Waals surface area contributed by atoms with Crippen molar-refractivity contribution in [1.82, 2.24) is 4.90 Å². The summed E-state index contributed by atoms with van der Waals surface area (Å²) in [7, 11) is 0. The van der Waals surface area contributed by atoms with Crippen LogP contribution in [0.4, 0.5) is 9.18 Å². The number of aryl methyl sites for hydroxylation is 1. The summed E-state index contributed by atoms with van der Waals surface area (Å²) >= 11 is 10.4. The fourth-order valence-electron chi connectivity index (χ4n) is 3.24. The normalized spacial score (nSPS) is 14.9. The number of ether oxygens (including phenoxy) is 1. The van der Waals surface area contributed by atoms with Gasteiger partial charge in [0.25, 0.3) is 11.1 Å². The summed E-state index contributed by atoms with van der Waals surface area (Å²) in [4.78, 5) is 27.0. The Morgan fingerprint density at radius 1 is 1.12 bits per heavy atom. The molecule has 168 valence electrons. The Hall–Kier alpha value is -2.61. The van der Waals surface area contributed by atoms with Crippen LogP contribution in [-0.4, -0.2) is 16.0 Å². The van der Waals surface area contributed by atoms with Crippen LogP contribution < -0.4 is 4.74 Å². The molecule has 0 spiro atoms. The van der Waals surface area contributed by atoms with Crippen molar-refractivity contribution in [3.05, 3.63) is 103 Å². The van der Waals surface area contributed by atoms with Gasteiger partial charge in [0, 0.05) is 15.6 Å². The van der Waals surface area contributed by atoms with E-state index in [9.17, 15) is 14.0 Å². The summed E-state index contributed by atoms with van der Waals surface area (Å²) in [6, 6.07) is 17.4. The standard InChI is InChI=1S/C25H18BrClFNO3S/c1-15-5-7-16(8-6-15)13-29-24(30)23(33-25(29)31)12-17-11-18(26)9-10-22(17)32-14-19-20(27)3-2-4-21(19)28/h2-12H,13-14H2,1H3/b23-12-. The molecule has 3 aromatic rings. The fraction of sp³-hybridized carbons (Fsp3) is 0.120. The average Bonchev–Trinajstić information content (AvgIpc) is 3.03. The summed E-state index contributed by atoms with van der Waals surface area (Å²) in [5, 5.41) is -0.0617. The maximum absolute atomic E-state index is 14.1. The van der Waals surface area contributed by atoms with E-state index < -0.39 is 5.82 Å². The highest BCUT2D eigenvalue weighted by Crippen LogP contribution is 2.36. The van der Waals surface area contributed by atoms with Crippen LogP contribution in [0.3, 0.4) is 0 Å². The van der Waals surface area contributed by atoms with E-state index in [4.69, 9.17) is 16.3 Å². The van der Waals surface area contributed by atoms with E-state index in [1.165, 1.54) is 17.0 Å². The number of benzene rings is 3. The van der Waals surface area contributed by atoms with Crippen molar-refractivity contribution in [2.45, 2.75) is 20.1 Å². The summed E-state index contributed by atoms with van der Waals surface area (Å²) < 4.78 is 20.7. The van der Waals surface area contributed by atoms with Gasteiger partial charge < -0.3 is 4.74 Å². The maximum Gasteiger partial charge on any atom is 0.293 e. The van der Waals surface area contributed by atoms with Crippen LogP contribution in [0.1, 0.15) is 22.3 Å². The summed E-state index contributed by atoms with van der Waals surface area (Å²) in [6.45, 7) is 2.10. The molecule has 0 bridgehead atoms. The van der Waals surface area contributed by atoms with Gasteiger partial charge in [-0.2, -0.15) is 0 Å². The van der Waals surface area contributed by atoms with Gasteiger partial charge >= 0.3 is 0 Å². The molecule has 0 aromatic heterocycles. The molecule has 1 saturated heterocycles. The largest absolute Gasteiger partial charge is 0.488 e. The summed E-state index contributed by atoms with van der Waals surface area (Å²) in [5.74, 6) is -0.394. The van der Waals surface area contributed by atoms with E-state index in [1.54, 1.807) is 30.3 Å². The van der Waals surface area contributed by atoms with Gasteiger partial charge in [0.2, 0.25) is 0 Å². The van der Waals surface area contributed by atoms with Gasteiger partial charge in [-0.1, -0.05) is 63.4 Å². The number of rotatable bonds is 6. The predicted molar refractivity (Wildman–Crippen MR) is 133 cm³/mol. The van der Waals surface area contributed by atoms with E-state index in [0.29, 0.717) is 16.2 Å². The lowest BCUT2D eigenvalue weighted by Crippen LogP contribution is -2.27. The van der Waals surface area contributed by atoms with E-state index in [2.05, 4.69) is 15.9 Å². The lowest BCUT2D eigenvalue weighted by molar-refractivity contribution is -0.123. The molecule has 1 heterocycles. The molecule has 33 heavy (non-hydrogen) atoms. The van der Waals surface area contributed by atoms with Crippen molar-refractivity contribution in [1.29, 1.82) is 0 Å². The highest BCUT2D eigenvalue weighted by atomic mass is 79.9. The molecule has 8 heteroatoms. The topological polar surface area (TPSA) is 46.6 Å². The van der Waals surface area contributed by atoms with Crippen LogP contribution in [0.25, 0.3) is 6.08 Å². The molecular weight excluding hydrogens is 529 g/mol. The minimum Gasteiger partial charge on any atom is -0.488 e. The molecule has 0 saturated carbocycles. The summed E-state index contributed by atoms with van der Waals surface area (Å²) in [5.41, 5.74) is 2.80. The van der Waals surface area contributed by atoms with Gasteiger partial charge in [-0.15, -0.1) is 0 Å². The zero-order valence-electron chi connectivity index (χ0n) is 17.5. The first-order chi connectivity index (χ1) is 15.8. The minimum absolute atomic E-state index is 0.0805. The van der Waals surface area contributed by atoms with Crippen molar-refractivity contribution >= 4 is 56.5 Å². The highest BCUT2D eigenvalue weighted by Gasteiger charge is 2.35. The lowest BCUT2D eigenvalue weighted by Gasteiger charge is -2.13. The minimum atomic E-state index is -0.460. The zero-order valence-corrected chi connectivity index (χ0v) is 20.6. The van der Waals surface area contributed by atoms with Gasteiger partial charge in [0.05, 0.1) is 16.5 Å². The Morgan fingerprint density at radius 3 is 2.61 bits per heavy atom. The van der Waals surface area contributed by atoms with Crippen molar-refractivity contribution in [2.75, 3.05) is 0 Å². The first-order valence-electron chi connectivity index (χ1n) is 9.98. The monoisotopic (exact) mass is 545 g/mol. The number of halogens is 3.